The van der Waals surface area contributed by atoms with Crippen molar-refractivity contribution in [1.82, 2.24) is 10.2 Å². The molecule has 0 spiro atoms. The molecule has 23 heavy (non-hydrogen) atoms. The van der Waals surface area contributed by atoms with Gasteiger partial charge in [0.1, 0.15) is 5.75 Å². The van der Waals surface area contributed by atoms with Crippen LogP contribution in [0.2, 0.25) is 0 Å². The zero-order chi connectivity index (χ0) is 16.2. The van der Waals surface area contributed by atoms with Crippen LogP contribution in [0.1, 0.15) is 44.2 Å². The monoisotopic (exact) mass is 316 g/mol. The third kappa shape index (κ3) is 4.47. The van der Waals surface area contributed by atoms with Crippen molar-refractivity contribution in [3.63, 3.8) is 0 Å². The summed E-state index contributed by atoms with van der Waals surface area (Å²) in [5, 5.41) is 3.27. The zero-order valence-corrected chi connectivity index (χ0v) is 14.3. The molecule has 1 atom stereocenters. The molecular formula is C19H28N2O2. The van der Waals surface area contributed by atoms with Gasteiger partial charge in [-0.3, -0.25) is 9.69 Å². The van der Waals surface area contributed by atoms with Crippen molar-refractivity contribution < 1.29 is 9.53 Å². The lowest BCUT2D eigenvalue weighted by Crippen LogP contribution is -2.42. The average molecular weight is 316 g/mol. The fraction of sp³-hybridized carbons (Fsp3) is 0.632. The summed E-state index contributed by atoms with van der Waals surface area (Å²) in [4.78, 5) is 14.7. The molecule has 1 saturated carbocycles. The Morgan fingerprint density at radius 2 is 1.87 bits per heavy atom. The fourth-order valence-electron chi connectivity index (χ4n) is 3.36. The van der Waals surface area contributed by atoms with Crippen LogP contribution in [0.3, 0.4) is 0 Å². The van der Waals surface area contributed by atoms with Crippen LogP contribution in [-0.2, 0) is 4.79 Å². The van der Waals surface area contributed by atoms with E-state index in [-0.39, 0.29) is 11.9 Å². The van der Waals surface area contributed by atoms with Gasteiger partial charge in [0.2, 0.25) is 5.91 Å². The van der Waals surface area contributed by atoms with Crippen LogP contribution < -0.4 is 10.1 Å². The number of hydrogen-bond acceptors (Lipinski definition) is 3. The SMILES string of the molecule is COc1ccc(C(NC(=O)CN2CCC(C)CC2)C2CC2)cc1. The Morgan fingerprint density at radius 1 is 1.22 bits per heavy atom. The van der Waals surface area contributed by atoms with Crippen LogP contribution in [0.4, 0.5) is 0 Å². The van der Waals surface area contributed by atoms with E-state index in [1.165, 1.54) is 31.2 Å². The largest absolute Gasteiger partial charge is 0.497 e. The zero-order valence-electron chi connectivity index (χ0n) is 14.3. The topological polar surface area (TPSA) is 41.6 Å². The highest BCUT2D eigenvalue weighted by molar-refractivity contribution is 5.78. The Labute approximate surface area is 139 Å². The predicted octanol–water partition coefficient (Wildman–Crippen LogP) is 2.99. The van der Waals surface area contributed by atoms with Crippen molar-refractivity contribution in [3.8, 4) is 5.75 Å². The predicted molar refractivity (Wildman–Crippen MR) is 91.4 cm³/mol. The highest BCUT2D eigenvalue weighted by Gasteiger charge is 2.33. The molecule has 1 aliphatic carbocycles. The number of likely N-dealkylation sites (tertiary alicyclic amines) is 1. The van der Waals surface area contributed by atoms with Crippen molar-refractivity contribution >= 4 is 5.91 Å². The van der Waals surface area contributed by atoms with Gasteiger partial charge < -0.3 is 10.1 Å². The number of hydrogen-bond donors (Lipinski definition) is 1. The van der Waals surface area contributed by atoms with E-state index in [2.05, 4.69) is 29.3 Å². The number of benzene rings is 1. The Bertz CT molecular complexity index is 517. The number of nitrogens with one attached hydrogen (secondary N) is 1. The first-order valence-electron chi connectivity index (χ1n) is 8.81. The Balaban J connectivity index is 1.57. The molecule has 1 N–H and O–H groups in total. The number of carbonyl (C=O) groups is 1. The maximum atomic E-state index is 12.5. The van der Waals surface area contributed by atoms with E-state index >= 15 is 0 Å². The van der Waals surface area contributed by atoms with E-state index in [0.29, 0.717) is 12.5 Å². The number of nitrogens with zero attached hydrogens (tertiary/aromatic N) is 1. The number of rotatable bonds is 6. The molecule has 1 amide bonds. The molecule has 1 unspecified atom stereocenters. The number of piperidine rings is 1. The normalized spacial score (nSPS) is 21.0. The van der Waals surface area contributed by atoms with Crippen LogP contribution in [-0.4, -0.2) is 37.6 Å². The molecule has 1 aliphatic heterocycles. The smallest absolute Gasteiger partial charge is 0.234 e. The molecule has 3 rings (SSSR count). The van der Waals surface area contributed by atoms with Gasteiger partial charge in [0.15, 0.2) is 0 Å². The third-order valence-electron chi connectivity index (χ3n) is 5.13. The number of methoxy groups -OCH3 is 1. The molecule has 1 aromatic rings. The van der Waals surface area contributed by atoms with Crippen LogP contribution in [0.5, 0.6) is 5.75 Å². The number of carbonyl (C=O) groups excluding carboxylic acids is 1. The van der Waals surface area contributed by atoms with Crippen molar-refractivity contribution in [2.75, 3.05) is 26.7 Å². The Hall–Kier alpha value is -1.55. The quantitative estimate of drug-likeness (QED) is 0.877. The number of ether oxygens (including phenoxy) is 1. The first kappa shape index (κ1) is 16.3. The lowest BCUT2D eigenvalue weighted by atomic mass is 9.99. The minimum atomic E-state index is 0.150. The summed E-state index contributed by atoms with van der Waals surface area (Å²) >= 11 is 0. The maximum absolute atomic E-state index is 12.5. The van der Waals surface area contributed by atoms with Crippen molar-refractivity contribution in [3.05, 3.63) is 29.8 Å². The second-order valence-corrected chi connectivity index (χ2v) is 7.11. The lowest BCUT2D eigenvalue weighted by Gasteiger charge is -2.30. The Morgan fingerprint density at radius 3 is 2.43 bits per heavy atom. The first-order valence-corrected chi connectivity index (χ1v) is 8.81. The second-order valence-electron chi connectivity index (χ2n) is 7.11. The van der Waals surface area contributed by atoms with E-state index in [4.69, 9.17) is 4.74 Å². The van der Waals surface area contributed by atoms with Gasteiger partial charge in [-0.15, -0.1) is 0 Å². The first-order chi connectivity index (χ1) is 11.2. The summed E-state index contributed by atoms with van der Waals surface area (Å²) in [7, 11) is 1.68. The maximum Gasteiger partial charge on any atom is 0.234 e. The second kappa shape index (κ2) is 7.35. The van der Waals surface area contributed by atoms with Crippen LogP contribution in [0.25, 0.3) is 0 Å². The van der Waals surface area contributed by atoms with Crippen molar-refractivity contribution in [2.24, 2.45) is 11.8 Å². The van der Waals surface area contributed by atoms with Gasteiger partial charge in [-0.1, -0.05) is 19.1 Å². The molecule has 1 saturated heterocycles. The van der Waals surface area contributed by atoms with E-state index in [9.17, 15) is 4.79 Å². The van der Waals surface area contributed by atoms with Gasteiger partial charge in [0.25, 0.3) is 0 Å². The molecule has 1 aromatic carbocycles. The van der Waals surface area contributed by atoms with Gasteiger partial charge >= 0.3 is 0 Å². The summed E-state index contributed by atoms with van der Waals surface area (Å²) in [5.41, 5.74) is 1.19. The average Bonchev–Trinajstić information content (AvgIpc) is 3.40. The summed E-state index contributed by atoms with van der Waals surface area (Å²) in [6, 6.07) is 8.25. The van der Waals surface area contributed by atoms with Gasteiger partial charge in [-0.05, 0) is 68.3 Å². The van der Waals surface area contributed by atoms with Crippen molar-refractivity contribution in [1.29, 1.82) is 0 Å². The summed E-state index contributed by atoms with van der Waals surface area (Å²) in [6.45, 7) is 4.92. The van der Waals surface area contributed by atoms with Gasteiger partial charge in [0, 0.05) is 0 Å². The van der Waals surface area contributed by atoms with Gasteiger partial charge in [0.05, 0.1) is 19.7 Å². The highest BCUT2D eigenvalue weighted by Crippen LogP contribution is 2.41. The minimum absolute atomic E-state index is 0.150. The highest BCUT2D eigenvalue weighted by atomic mass is 16.5. The molecule has 2 fully saturated rings. The molecule has 126 valence electrons. The van der Waals surface area contributed by atoms with Crippen LogP contribution in [0, 0.1) is 11.8 Å². The summed E-state index contributed by atoms with van der Waals surface area (Å²) < 4.78 is 5.22. The van der Waals surface area contributed by atoms with Gasteiger partial charge in [-0.2, -0.15) is 0 Å². The van der Waals surface area contributed by atoms with Gasteiger partial charge in [-0.25, -0.2) is 0 Å². The van der Waals surface area contributed by atoms with Crippen LogP contribution in [0.15, 0.2) is 24.3 Å². The lowest BCUT2D eigenvalue weighted by molar-refractivity contribution is -0.123. The number of amides is 1. The molecule has 4 heteroatoms. The van der Waals surface area contributed by atoms with E-state index in [1.807, 2.05) is 12.1 Å². The molecule has 4 nitrogen and oxygen atoms in total. The molecule has 1 heterocycles. The Kier molecular flexibility index (Phi) is 5.21. The third-order valence-corrected chi connectivity index (χ3v) is 5.13. The fourth-order valence-corrected chi connectivity index (χ4v) is 3.36. The summed E-state index contributed by atoms with van der Waals surface area (Å²) in [6.07, 6.45) is 4.83. The molecule has 0 bridgehead atoms. The van der Waals surface area contributed by atoms with Crippen LogP contribution >= 0.6 is 0 Å². The molecule has 0 aromatic heterocycles. The van der Waals surface area contributed by atoms with E-state index in [0.717, 1.165) is 24.8 Å². The van der Waals surface area contributed by atoms with E-state index in [1.54, 1.807) is 7.11 Å². The molecule has 2 aliphatic rings. The minimum Gasteiger partial charge on any atom is -0.497 e. The molecule has 0 radical (unpaired) electrons. The standard InChI is InChI=1S/C19H28N2O2/c1-14-9-11-21(12-10-14)13-18(22)20-19(15-3-4-15)16-5-7-17(23-2)8-6-16/h5-8,14-15,19H,3-4,9-13H2,1-2H3,(H,20,22). The van der Waals surface area contributed by atoms with E-state index < -0.39 is 0 Å². The molecular weight excluding hydrogens is 288 g/mol. The van der Waals surface area contributed by atoms with Crippen molar-refractivity contribution in [2.45, 2.75) is 38.6 Å². The summed E-state index contributed by atoms with van der Waals surface area (Å²) in [5.74, 6) is 2.41.